The predicted molar refractivity (Wildman–Crippen MR) is 101 cm³/mol. The zero-order valence-corrected chi connectivity index (χ0v) is 15.7. The van der Waals surface area contributed by atoms with Crippen LogP contribution >= 0.6 is 0 Å². The number of sulfonamides is 1. The number of nitrogens with one attached hydrogen (secondary N) is 1. The molecule has 1 aromatic rings. The number of hydrogen-bond acceptors (Lipinski definition) is 3. The molecule has 2 unspecified atom stereocenters. The Bertz CT molecular complexity index is 797. The van der Waals surface area contributed by atoms with Gasteiger partial charge in [-0.3, -0.25) is 4.79 Å². The first-order chi connectivity index (χ1) is 12.5. The van der Waals surface area contributed by atoms with Crippen molar-refractivity contribution in [2.45, 2.75) is 61.9 Å². The van der Waals surface area contributed by atoms with Crippen LogP contribution in [0.4, 0.5) is 0 Å². The number of hydrogen-bond donors (Lipinski definition) is 1. The average molecular weight is 375 g/mol. The maximum atomic E-state index is 12.6. The van der Waals surface area contributed by atoms with E-state index in [1.165, 1.54) is 19.3 Å². The number of nitrogens with zero attached hydrogens (tertiary/aromatic N) is 1. The molecule has 0 bridgehead atoms. The third-order valence-electron chi connectivity index (χ3n) is 5.80. The van der Waals surface area contributed by atoms with Gasteiger partial charge in [-0.05, 0) is 61.8 Å². The van der Waals surface area contributed by atoms with Gasteiger partial charge in [0.25, 0.3) is 0 Å². The smallest absolute Gasteiger partial charge is 0.246 e. The van der Waals surface area contributed by atoms with Crippen LogP contribution in [0.25, 0.3) is 6.08 Å². The lowest BCUT2D eigenvalue weighted by Crippen LogP contribution is -2.38. The predicted octanol–water partition coefficient (Wildman–Crippen LogP) is 2.93. The summed E-state index contributed by atoms with van der Waals surface area (Å²) in [6.45, 7) is 0.864. The maximum absolute atomic E-state index is 12.6. The third-order valence-corrected chi connectivity index (χ3v) is 7.34. The van der Waals surface area contributed by atoms with E-state index in [0.29, 0.717) is 12.0 Å². The minimum absolute atomic E-state index is 0.0755. The van der Waals surface area contributed by atoms with Gasteiger partial charge in [-0.2, -0.15) is 0 Å². The molecule has 2 atom stereocenters. The van der Waals surface area contributed by atoms with E-state index >= 15 is 0 Å². The molecule has 3 fully saturated rings. The number of likely N-dealkylation sites (tertiary alicyclic amines) is 1. The van der Waals surface area contributed by atoms with Crippen LogP contribution in [0.1, 0.15) is 50.5 Å². The van der Waals surface area contributed by atoms with Gasteiger partial charge in [0, 0.05) is 24.7 Å². The van der Waals surface area contributed by atoms with E-state index < -0.39 is 10.0 Å². The van der Waals surface area contributed by atoms with E-state index in [4.69, 9.17) is 0 Å². The first-order valence-electron chi connectivity index (χ1n) is 9.64. The highest BCUT2D eigenvalue weighted by Gasteiger charge is 2.37. The van der Waals surface area contributed by atoms with Crippen molar-refractivity contribution in [1.29, 1.82) is 0 Å². The monoisotopic (exact) mass is 374 g/mol. The largest absolute Gasteiger partial charge is 0.336 e. The SMILES string of the molecule is O=C(/C=C/c1ccc(S(=O)(=O)NC2CC2)cc1)N1CCC2CCCCC21. The number of amides is 1. The van der Waals surface area contributed by atoms with Gasteiger partial charge in [0.1, 0.15) is 0 Å². The van der Waals surface area contributed by atoms with Crippen molar-refractivity contribution < 1.29 is 13.2 Å². The summed E-state index contributed by atoms with van der Waals surface area (Å²) in [6.07, 6.45) is 11.3. The van der Waals surface area contributed by atoms with E-state index in [0.717, 1.165) is 37.8 Å². The van der Waals surface area contributed by atoms with E-state index in [1.54, 1.807) is 36.4 Å². The van der Waals surface area contributed by atoms with E-state index in [9.17, 15) is 13.2 Å². The quantitative estimate of drug-likeness (QED) is 0.806. The maximum Gasteiger partial charge on any atom is 0.246 e. The van der Waals surface area contributed by atoms with Crippen LogP contribution in [-0.2, 0) is 14.8 Å². The molecule has 26 heavy (non-hydrogen) atoms. The molecule has 3 aliphatic rings. The Morgan fingerprint density at radius 1 is 1.04 bits per heavy atom. The molecule has 1 aliphatic heterocycles. The molecular weight excluding hydrogens is 348 g/mol. The fourth-order valence-corrected chi connectivity index (χ4v) is 5.49. The lowest BCUT2D eigenvalue weighted by atomic mass is 9.85. The Morgan fingerprint density at radius 2 is 1.77 bits per heavy atom. The molecule has 140 valence electrons. The van der Waals surface area contributed by atoms with Crippen LogP contribution in [0.5, 0.6) is 0 Å². The first kappa shape index (κ1) is 17.7. The van der Waals surface area contributed by atoms with Crippen molar-refractivity contribution in [2.24, 2.45) is 5.92 Å². The Hall–Kier alpha value is -1.66. The highest BCUT2D eigenvalue weighted by atomic mass is 32.2. The normalized spacial score (nSPS) is 26.2. The first-order valence-corrected chi connectivity index (χ1v) is 11.1. The summed E-state index contributed by atoms with van der Waals surface area (Å²) >= 11 is 0. The van der Waals surface area contributed by atoms with Gasteiger partial charge in [0.2, 0.25) is 15.9 Å². The molecule has 1 saturated heterocycles. The molecule has 1 heterocycles. The molecule has 0 spiro atoms. The van der Waals surface area contributed by atoms with Crippen molar-refractivity contribution in [3.63, 3.8) is 0 Å². The Morgan fingerprint density at radius 3 is 2.50 bits per heavy atom. The fraction of sp³-hybridized carbons (Fsp3) is 0.550. The van der Waals surface area contributed by atoms with Gasteiger partial charge >= 0.3 is 0 Å². The summed E-state index contributed by atoms with van der Waals surface area (Å²) in [5, 5.41) is 0. The van der Waals surface area contributed by atoms with Gasteiger partial charge < -0.3 is 4.90 Å². The van der Waals surface area contributed by atoms with Crippen molar-refractivity contribution >= 4 is 22.0 Å². The van der Waals surface area contributed by atoms with Crippen molar-refractivity contribution in [3.8, 4) is 0 Å². The van der Waals surface area contributed by atoms with Crippen LogP contribution in [-0.4, -0.2) is 37.9 Å². The number of rotatable bonds is 5. The van der Waals surface area contributed by atoms with Gasteiger partial charge in [0.05, 0.1) is 4.90 Å². The van der Waals surface area contributed by atoms with Crippen LogP contribution < -0.4 is 4.72 Å². The van der Waals surface area contributed by atoms with Gasteiger partial charge in [-0.1, -0.05) is 25.0 Å². The van der Waals surface area contributed by atoms with Gasteiger partial charge in [0.15, 0.2) is 0 Å². The molecule has 1 N–H and O–H groups in total. The van der Waals surface area contributed by atoms with Crippen LogP contribution in [0.2, 0.25) is 0 Å². The van der Waals surface area contributed by atoms with Crippen molar-refractivity contribution in [3.05, 3.63) is 35.9 Å². The highest BCUT2D eigenvalue weighted by Crippen LogP contribution is 2.36. The lowest BCUT2D eigenvalue weighted by molar-refractivity contribution is -0.127. The number of benzene rings is 1. The summed E-state index contributed by atoms with van der Waals surface area (Å²) in [5.41, 5.74) is 0.836. The molecule has 4 rings (SSSR count). The summed E-state index contributed by atoms with van der Waals surface area (Å²) in [7, 11) is -3.42. The second-order valence-electron chi connectivity index (χ2n) is 7.73. The third kappa shape index (κ3) is 3.86. The zero-order chi connectivity index (χ0) is 18.1. The molecule has 2 aliphatic carbocycles. The average Bonchev–Trinajstić information content (AvgIpc) is 3.34. The number of carbonyl (C=O) groups is 1. The highest BCUT2D eigenvalue weighted by molar-refractivity contribution is 7.89. The topological polar surface area (TPSA) is 66.5 Å². The standard InChI is InChI=1S/C20H26N2O3S/c23-20(22-14-13-16-3-1-2-4-19(16)22)12-7-15-5-10-18(11-6-15)26(24,25)21-17-8-9-17/h5-7,10-12,16-17,19,21H,1-4,8-9,13-14H2/b12-7+. The Kier molecular flexibility index (Phi) is 4.88. The number of carbonyl (C=O) groups excluding carboxylic acids is 1. The second kappa shape index (κ2) is 7.16. The molecule has 2 saturated carbocycles. The molecule has 0 aromatic heterocycles. The van der Waals surface area contributed by atoms with E-state index in [2.05, 4.69) is 4.72 Å². The minimum Gasteiger partial charge on any atom is -0.336 e. The second-order valence-corrected chi connectivity index (χ2v) is 9.44. The lowest BCUT2D eigenvalue weighted by Gasteiger charge is -2.31. The minimum atomic E-state index is -3.42. The summed E-state index contributed by atoms with van der Waals surface area (Å²) < 4.78 is 27.0. The van der Waals surface area contributed by atoms with Gasteiger partial charge in [-0.25, -0.2) is 13.1 Å². The fourth-order valence-electron chi connectivity index (χ4n) is 4.19. The van der Waals surface area contributed by atoms with E-state index in [1.807, 2.05) is 4.90 Å². The summed E-state index contributed by atoms with van der Waals surface area (Å²) in [4.78, 5) is 14.9. The van der Waals surface area contributed by atoms with Crippen LogP contribution in [0, 0.1) is 5.92 Å². The molecule has 6 heteroatoms. The molecular formula is C20H26N2O3S. The molecule has 1 amide bonds. The van der Waals surface area contributed by atoms with Crippen LogP contribution in [0.3, 0.4) is 0 Å². The molecule has 1 aromatic carbocycles. The zero-order valence-electron chi connectivity index (χ0n) is 14.9. The summed E-state index contributed by atoms with van der Waals surface area (Å²) in [6, 6.07) is 7.21. The van der Waals surface area contributed by atoms with Gasteiger partial charge in [-0.15, -0.1) is 0 Å². The van der Waals surface area contributed by atoms with Crippen molar-refractivity contribution in [1.82, 2.24) is 9.62 Å². The number of fused-ring (bicyclic) bond motifs is 1. The molecule has 5 nitrogen and oxygen atoms in total. The van der Waals surface area contributed by atoms with Crippen LogP contribution in [0.15, 0.2) is 35.2 Å². The Balaban J connectivity index is 1.39. The molecule has 0 radical (unpaired) electrons. The summed E-state index contributed by atoms with van der Waals surface area (Å²) in [5.74, 6) is 0.760. The Labute approximate surface area is 155 Å². The van der Waals surface area contributed by atoms with Crippen molar-refractivity contribution in [2.75, 3.05) is 6.54 Å². The van der Waals surface area contributed by atoms with E-state index in [-0.39, 0.29) is 16.8 Å².